The molecule has 0 saturated heterocycles. The van der Waals surface area contributed by atoms with Crippen molar-refractivity contribution in [3.05, 3.63) is 48.9 Å². The molecule has 0 aromatic carbocycles. The molecular weight excluding hydrogens is 334 g/mol. The van der Waals surface area contributed by atoms with Gasteiger partial charge in [-0.2, -0.15) is 5.10 Å². The van der Waals surface area contributed by atoms with E-state index < -0.39 is 0 Å². The Morgan fingerprint density at radius 1 is 1.08 bits per heavy atom. The minimum atomic E-state index is -0.132. The van der Waals surface area contributed by atoms with Crippen LogP contribution in [0.3, 0.4) is 0 Å². The van der Waals surface area contributed by atoms with Crippen LogP contribution < -0.4 is 16.0 Å². The molecule has 3 aromatic heterocycles. The molecule has 26 heavy (non-hydrogen) atoms. The number of pyridine rings is 1. The van der Waals surface area contributed by atoms with E-state index in [1.54, 1.807) is 12.3 Å². The smallest absolute Gasteiger partial charge is 0.241 e. The van der Waals surface area contributed by atoms with Crippen LogP contribution >= 0.6 is 0 Å². The standard InChI is InChI=1S/C16H19N9O/c1-12-2-3-18-14(6-12)24-15-7-13(21-10-22-15)19-4-5-20-16(26)8-25-11-17-9-23-25/h2-3,6-7,9-11H,4-5,8H2,1H3,(H,20,26)(H2,18,19,21,22,24). The zero-order chi connectivity index (χ0) is 18.2. The summed E-state index contributed by atoms with van der Waals surface area (Å²) in [6.07, 6.45) is 6.09. The van der Waals surface area contributed by atoms with E-state index in [2.05, 4.69) is 41.0 Å². The summed E-state index contributed by atoms with van der Waals surface area (Å²) in [5, 5.41) is 12.9. The predicted molar refractivity (Wildman–Crippen MR) is 95.8 cm³/mol. The zero-order valence-electron chi connectivity index (χ0n) is 14.3. The van der Waals surface area contributed by atoms with E-state index in [0.717, 1.165) is 11.4 Å². The second kappa shape index (κ2) is 8.51. The van der Waals surface area contributed by atoms with Gasteiger partial charge in [0.25, 0.3) is 0 Å². The van der Waals surface area contributed by atoms with Gasteiger partial charge in [0, 0.05) is 25.4 Å². The number of hydrogen-bond acceptors (Lipinski definition) is 8. The molecule has 0 spiro atoms. The van der Waals surface area contributed by atoms with Crippen LogP contribution in [0.25, 0.3) is 0 Å². The Kier molecular flexibility index (Phi) is 5.65. The third-order valence-electron chi connectivity index (χ3n) is 3.36. The van der Waals surface area contributed by atoms with Gasteiger partial charge < -0.3 is 16.0 Å². The van der Waals surface area contributed by atoms with E-state index in [1.165, 1.54) is 23.7 Å². The van der Waals surface area contributed by atoms with Crippen molar-refractivity contribution in [1.82, 2.24) is 35.0 Å². The van der Waals surface area contributed by atoms with Crippen LogP contribution in [0.15, 0.2) is 43.4 Å². The first kappa shape index (κ1) is 17.3. The summed E-state index contributed by atoms with van der Waals surface area (Å²) in [6, 6.07) is 5.64. The first-order valence-corrected chi connectivity index (χ1v) is 8.04. The minimum absolute atomic E-state index is 0.132. The number of rotatable bonds is 8. The van der Waals surface area contributed by atoms with E-state index in [-0.39, 0.29) is 12.5 Å². The van der Waals surface area contributed by atoms with Crippen LogP contribution in [0.5, 0.6) is 0 Å². The number of hydrogen-bond donors (Lipinski definition) is 3. The fraction of sp³-hybridized carbons (Fsp3) is 0.250. The van der Waals surface area contributed by atoms with Crippen LogP contribution in [0, 0.1) is 6.92 Å². The van der Waals surface area contributed by atoms with Crippen LogP contribution in [0.2, 0.25) is 0 Å². The number of nitrogens with one attached hydrogen (secondary N) is 3. The van der Waals surface area contributed by atoms with Gasteiger partial charge in [0.1, 0.15) is 43.0 Å². The highest BCUT2D eigenvalue weighted by Crippen LogP contribution is 2.14. The lowest BCUT2D eigenvalue weighted by molar-refractivity contribution is -0.121. The highest BCUT2D eigenvalue weighted by atomic mass is 16.2. The van der Waals surface area contributed by atoms with Crippen molar-refractivity contribution in [2.75, 3.05) is 23.7 Å². The second-order valence-electron chi connectivity index (χ2n) is 5.50. The lowest BCUT2D eigenvalue weighted by Gasteiger charge is -2.09. The number of anilines is 3. The summed E-state index contributed by atoms with van der Waals surface area (Å²) < 4.78 is 1.46. The van der Waals surface area contributed by atoms with E-state index in [1.807, 2.05) is 19.1 Å². The summed E-state index contributed by atoms with van der Waals surface area (Å²) in [5.74, 6) is 1.87. The topological polar surface area (TPSA) is 123 Å². The van der Waals surface area contributed by atoms with E-state index in [9.17, 15) is 4.79 Å². The number of carbonyl (C=O) groups is 1. The predicted octanol–water partition coefficient (Wildman–Crippen LogP) is 0.743. The van der Waals surface area contributed by atoms with Gasteiger partial charge in [-0.1, -0.05) is 0 Å². The Labute approximate surface area is 150 Å². The van der Waals surface area contributed by atoms with Crippen molar-refractivity contribution in [1.29, 1.82) is 0 Å². The average Bonchev–Trinajstić information content (AvgIpc) is 3.12. The molecule has 0 fully saturated rings. The van der Waals surface area contributed by atoms with Crippen LogP contribution in [0.1, 0.15) is 5.56 Å². The maximum Gasteiger partial charge on any atom is 0.241 e. The highest BCUT2D eigenvalue weighted by molar-refractivity contribution is 5.75. The first-order chi connectivity index (χ1) is 12.7. The van der Waals surface area contributed by atoms with Gasteiger partial charge in [0.15, 0.2) is 0 Å². The highest BCUT2D eigenvalue weighted by Gasteiger charge is 2.03. The van der Waals surface area contributed by atoms with Crippen molar-refractivity contribution in [3.8, 4) is 0 Å². The van der Waals surface area contributed by atoms with Gasteiger partial charge in [-0.05, 0) is 24.6 Å². The molecule has 0 atom stereocenters. The average molecular weight is 353 g/mol. The van der Waals surface area contributed by atoms with Crippen LogP contribution in [0.4, 0.5) is 17.5 Å². The lowest BCUT2D eigenvalue weighted by atomic mass is 10.3. The SMILES string of the molecule is Cc1ccnc(Nc2cc(NCCNC(=O)Cn3cncn3)ncn2)c1. The molecule has 0 unspecified atom stereocenters. The molecule has 0 aliphatic rings. The summed E-state index contributed by atoms with van der Waals surface area (Å²) in [7, 11) is 0. The lowest BCUT2D eigenvalue weighted by Crippen LogP contribution is -2.31. The molecular formula is C16H19N9O. The van der Waals surface area contributed by atoms with Crippen LogP contribution in [-0.4, -0.2) is 48.7 Å². The molecule has 10 nitrogen and oxygen atoms in total. The Balaban J connectivity index is 1.44. The molecule has 134 valence electrons. The number of aryl methyl sites for hydroxylation is 1. The maximum atomic E-state index is 11.7. The fourth-order valence-electron chi connectivity index (χ4n) is 2.17. The molecule has 0 aliphatic heterocycles. The summed E-state index contributed by atoms with van der Waals surface area (Å²) in [5.41, 5.74) is 1.11. The third-order valence-corrected chi connectivity index (χ3v) is 3.36. The third kappa shape index (κ3) is 5.23. The number of carbonyl (C=O) groups excluding carboxylic acids is 1. The molecule has 3 aromatic rings. The molecule has 3 N–H and O–H groups in total. The van der Waals surface area contributed by atoms with E-state index in [4.69, 9.17) is 0 Å². The Bertz CT molecular complexity index is 850. The molecule has 1 amide bonds. The number of aromatic nitrogens is 6. The fourth-order valence-corrected chi connectivity index (χ4v) is 2.17. The van der Waals surface area contributed by atoms with Crippen molar-refractivity contribution in [2.24, 2.45) is 0 Å². The Morgan fingerprint density at radius 3 is 2.73 bits per heavy atom. The van der Waals surface area contributed by atoms with Gasteiger partial charge in [-0.15, -0.1) is 0 Å². The van der Waals surface area contributed by atoms with Gasteiger partial charge in [-0.3, -0.25) is 4.79 Å². The van der Waals surface area contributed by atoms with Gasteiger partial charge in [0.2, 0.25) is 5.91 Å². The molecule has 0 bridgehead atoms. The first-order valence-electron chi connectivity index (χ1n) is 8.04. The van der Waals surface area contributed by atoms with E-state index in [0.29, 0.717) is 24.7 Å². The van der Waals surface area contributed by atoms with Gasteiger partial charge in [-0.25, -0.2) is 24.6 Å². The van der Waals surface area contributed by atoms with Crippen molar-refractivity contribution >= 4 is 23.4 Å². The number of amides is 1. The second-order valence-corrected chi connectivity index (χ2v) is 5.50. The normalized spacial score (nSPS) is 10.3. The van der Waals surface area contributed by atoms with Crippen LogP contribution in [-0.2, 0) is 11.3 Å². The zero-order valence-corrected chi connectivity index (χ0v) is 14.3. The molecule has 0 aliphatic carbocycles. The van der Waals surface area contributed by atoms with Crippen molar-refractivity contribution < 1.29 is 4.79 Å². The van der Waals surface area contributed by atoms with E-state index >= 15 is 0 Å². The summed E-state index contributed by atoms with van der Waals surface area (Å²) in [6.45, 7) is 3.13. The quantitative estimate of drug-likeness (QED) is 0.507. The van der Waals surface area contributed by atoms with Gasteiger partial charge >= 0.3 is 0 Å². The Hall–Kier alpha value is -3.56. The molecule has 3 heterocycles. The Morgan fingerprint density at radius 2 is 1.92 bits per heavy atom. The van der Waals surface area contributed by atoms with Gasteiger partial charge in [0.05, 0.1) is 0 Å². The molecule has 0 radical (unpaired) electrons. The number of nitrogens with zero attached hydrogens (tertiary/aromatic N) is 6. The van der Waals surface area contributed by atoms with Crippen molar-refractivity contribution in [2.45, 2.75) is 13.5 Å². The minimum Gasteiger partial charge on any atom is -0.368 e. The monoisotopic (exact) mass is 353 g/mol. The largest absolute Gasteiger partial charge is 0.368 e. The summed E-state index contributed by atoms with van der Waals surface area (Å²) >= 11 is 0. The summed E-state index contributed by atoms with van der Waals surface area (Å²) in [4.78, 5) is 28.1. The molecule has 0 saturated carbocycles. The molecule has 3 rings (SSSR count). The maximum absolute atomic E-state index is 11.7. The molecule has 10 heteroatoms. The van der Waals surface area contributed by atoms with Crippen molar-refractivity contribution in [3.63, 3.8) is 0 Å².